The number of nitrogens with two attached hydrogens (primary N) is 1. The van der Waals surface area contributed by atoms with Gasteiger partial charge in [-0.1, -0.05) is 25.2 Å². The van der Waals surface area contributed by atoms with Crippen LogP contribution in [-0.4, -0.2) is 27.8 Å². The number of amides is 1. The SMILES string of the molecule is CC(C)Cc1nnc(NC(=O)C(C)(N)C(F)(F)F)s1. The minimum atomic E-state index is -4.83. The number of nitrogens with one attached hydrogen (secondary N) is 1. The van der Waals surface area contributed by atoms with E-state index in [4.69, 9.17) is 5.73 Å². The van der Waals surface area contributed by atoms with Gasteiger partial charge < -0.3 is 5.73 Å². The highest BCUT2D eigenvalue weighted by molar-refractivity contribution is 7.15. The minimum absolute atomic E-state index is 0.0153. The second kappa shape index (κ2) is 5.41. The smallest absolute Gasteiger partial charge is 0.310 e. The number of carbonyl (C=O) groups is 1. The fourth-order valence-corrected chi connectivity index (χ4v) is 2.04. The van der Waals surface area contributed by atoms with Crippen LogP contribution < -0.4 is 11.1 Å². The van der Waals surface area contributed by atoms with Gasteiger partial charge in [0.15, 0.2) is 5.54 Å². The first kappa shape index (κ1) is 15.8. The van der Waals surface area contributed by atoms with Gasteiger partial charge in [0.05, 0.1) is 0 Å². The number of nitrogens with zero attached hydrogens (tertiary/aromatic N) is 2. The Labute approximate surface area is 112 Å². The zero-order chi connectivity index (χ0) is 14.8. The van der Waals surface area contributed by atoms with Gasteiger partial charge in [-0.25, -0.2) is 0 Å². The average Bonchev–Trinajstić information content (AvgIpc) is 2.62. The van der Waals surface area contributed by atoms with Crippen molar-refractivity contribution in [3.8, 4) is 0 Å². The van der Waals surface area contributed by atoms with Gasteiger partial charge in [0.25, 0.3) is 5.91 Å². The second-order valence-electron chi connectivity index (χ2n) is 4.75. The lowest BCUT2D eigenvalue weighted by Crippen LogP contribution is -2.59. The van der Waals surface area contributed by atoms with Crippen LogP contribution in [0, 0.1) is 5.92 Å². The Bertz CT molecular complexity index is 456. The van der Waals surface area contributed by atoms with Gasteiger partial charge in [-0.2, -0.15) is 13.2 Å². The molecule has 1 rings (SSSR count). The van der Waals surface area contributed by atoms with Crippen molar-refractivity contribution in [3.63, 3.8) is 0 Å². The maximum atomic E-state index is 12.5. The molecule has 0 aliphatic carbocycles. The minimum Gasteiger partial charge on any atom is -0.310 e. The summed E-state index contributed by atoms with van der Waals surface area (Å²) in [5.41, 5.74) is 2.03. The molecule has 0 spiro atoms. The molecule has 0 fully saturated rings. The fourth-order valence-electron chi connectivity index (χ4n) is 1.09. The van der Waals surface area contributed by atoms with Crippen molar-refractivity contribution < 1.29 is 18.0 Å². The number of aromatic nitrogens is 2. The quantitative estimate of drug-likeness (QED) is 0.890. The predicted molar refractivity (Wildman–Crippen MR) is 65.7 cm³/mol. The molecule has 0 bridgehead atoms. The van der Waals surface area contributed by atoms with E-state index in [0.717, 1.165) is 11.3 Å². The Hall–Kier alpha value is -1.22. The number of hydrogen-bond donors (Lipinski definition) is 2. The molecule has 1 unspecified atom stereocenters. The van der Waals surface area contributed by atoms with E-state index < -0.39 is 17.6 Å². The van der Waals surface area contributed by atoms with Gasteiger partial charge in [-0.05, 0) is 12.8 Å². The fraction of sp³-hybridized carbons (Fsp3) is 0.700. The van der Waals surface area contributed by atoms with Crippen molar-refractivity contribution >= 4 is 22.4 Å². The molecule has 0 aliphatic rings. The molecule has 0 aromatic carbocycles. The normalized spacial score (nSPS) is 15.4. The van der Waals surface area contributed by atoms with Crippen molar-refractivity contribution in [2.45, 2.75) is 38.9 Å². The third-order valence-electron chi connectivity index (χ3n) is 2.33. The van der Waals surface area contributed by atoms with Crippen LogP contribution in [0.15, 0.2) is 0 Å². The van der Waals surface area contributed by atoms with Crippen LogP contribution in [0.4, 0.5) is 18.3 Å². The Morgan fingerprint density at radius 1 is 1.42 bits per heavy atom. The summed E-state index contributed by atoms with van der Waals surface area (Å²) in [6.07, 6.45) is -4.19. The molecule has 5 nitrogen and oxygen atoms in total. The number of hydrogen-bond acceptors (Lipinski definition) is 5. The summed E-state index contributed by atoms with van der Waals surface area (Å²) >= 11 is 1.04. The molecule has 0 saturated heterocycles. The molecule has 108 valence electrons. The summed E-state index contributed by atoms with van der Waals surface area (Å²) in [4.78, 5) is 11.5. The maximum Gasteiger partial charge on any atom is 0.415 e. The Balaban J connectivity index is 2.75. The van der Waals surface area contributed by atoms with Crippen LogP contribution in [-0.2, 0) is 11.2 Å². The lowest BCUT2D eigenvalue weighted by molar-refractivity contribution is -0.184. The molecule has 1 aromatic heterocycles. The first-order valence-electron chi connectivity index (χ1n) is 5.53. The highest BCUT2D eigenvalue weighted by atomic mass is 32.1. The molecule has 0 saturated carbocycles. The summed E-state index contributed by atoms with van der Waals surface area (Å²) in [5.74, 6) is -1.02. The number of carbonyl (C=O) groups excluding carboxylic acids is 1. The Morgan fingerprint density at radius 2 is 2.00 bits per heavy atom. The van der Waals surface area contributed by atoms with Crippen LogP contribution in [0.25, 0.3) is 0 Å². The molecule has 19 heavy (non-hydrogen) atoms. The molecular formula is C10H15F3N4OS. The first-order chi connectivity index (χ1) is 8.54. The lowest BCUT2D eigenvalue weighted by Gasteiger charge is -2.25. The molecule has 1 heterocycles. The van der Waals surface area contributed by atoms with E-state index in [1.54, 1.807) is 0 Å². The molecule has 1 amide bonds. The number of rotatable bonds is 4. The van der Waals surface area contributed by atoms with Crippen LogP contribution in [0.5, 0.6) is 0 Å². The molecule has 1 aromatic rings. The number of alkyl halides is 3. The van der Waals surface area contributed by atoms with Crippen LogP contribution in [0.2, 0.25) is 0 Å². The van der Waals surface area contributed by atoms with E-state index in [1.807, 2.05) is 19.2 Å². The van der Waals surface area contributed by atoms with E-state index >= 15 is 0 Å². The summed E-state index contributed by atoms with van der Waals surface area (Å²) in [5, 5.41) is 10.1. The van der Waals surface area contributed by atoms with Crippen LogP contribution >= 0.6 is 11.3 Å². The van der Waals surface area contributed by atoms with Crippen molar-refractivity contribution in [1.82, 2.24) is 10.2 Å². The van der Waals surface area contributed by atoms with Gasteiger partial charge in [0.2, 0.25) is 5.13 Å². The van der Waals surface area contributed by atoms with Crippen LogP contribution in [0.3, 0.4) is 0 Å². The Kier molecular flexibility index (Phi) is 4.51. The van der Waals surface area contributed by atoms with Gasteiger partial charge in [0.1, 0.15) is 5.01 Å². The van der Waals surface area contributed by atoms with Gasteiger partial charge in [-0.3, -0.25) is 10.1 Å². The highest BCUT2D eigenvalue weighted by Crippen LogP contribution is 2.29. The highest BCUT2D eigenvalue weighted by Gasteiger charge is 2.54. The van der Waals surface area contributed by atoms with Gasteiger partial charge in [0, 0.05) is 6.42 Å². The number of halogens is 3. The predicted octanol–water partition coefficient (Wildman–Crippen LogP) is 1.95. The summed E-state index contributed by atoms with van der Waals surface area (Å²) in [7, 11) is 0. The third kappa shape index (κ3) is 3.87. The van der Waals surface area contributed by atoms with Crippen molar-refractivity contribution in [2.75, 3.05) is 5.32 Å². The summed E-state index contributed by atoms with van der Waals surface area (Å²) in [6, 6.07) is 0. The molecule has 0 radical (unpaired) electrons. The molecule has 3 N–H and O–H groups in total. The van der Waals surface area contributed by atoms with Crippen molar-refractivity contribution in [1.29, 1.82) is 0 Å². The lowest BCUT2D eigenvalue weighted by atomic mass is 10.0. The topological polar surface area (TPSA) is 80.9 Å². The van der Waals surface area contributed by atoms with E-state index in [2.05, 4.69) is 10.2 Å². The van der Waals surface area contributed by atoms with Crippen molar-refractivity contribution in [3.05, 3.63) is 5.01 Å². The summed E-state index contributed by atoms with van der Waals surface area (Å²) < 4.78 is 37.6. The standard InChI is InChI=1S/C10H15F3N4OS/c1-5(2)4-6-16-17-8(19-6)15-7(18)9(3,14)10(11,12)13/h5H,4,14H2,1-3H3,(H,15,17,18). The third-order valence-corrected chi connectivity index (χ3v) is 3.19. The monoisotopic (exact) mass is 296 g/mol. The van der Waals surface area contributed by atoms with E-state index in [0.29, 0.717) is 24.3 Å². The van der Waals surface area contributed by atoms with Gasteiger partial charge in [-0.15, -0.1) is 10.2 Å². The van der Waals surface area contributed by atoms with Crippen molar-refractivity contribution in [2.24, 2.45) is 11.7 Å². The van der Waals surface area contributed by atoms with E-state index in [9.17, 15) is 18.0 Å². The average molecular weight is 296 g/mol. The van der Waals surface area contributed by atoms with E-state index in [1.165, 1.54) is 0 Å². The largest absolute Gasteiger partial charge is 0.415 e. The molecule has 9 heteroatoms. The first-order valence-corrected chi connectivity index (χ1v) is 6.35. The molecule has 0 aliphatic heterocycles. The Morgan fingerprint density at radius 3 is 2.47 bits per heavy atom. The summed E-state index contributed by atoms with van der Waals surface area (Å²) in [6.45, 7) is 4.55. The zero-order valence-corrected chi connectivity index (χ0v) is 11.5. The number of anilines is 1. The van der Waals surface area contributed by atoms with Gasteiger partial charge >= 0.3 is 6.18 Å². The van der Waals surface area contributed by atoms with Crippen LogP contribution in [0.1, 0.15) is 25.8 Å². The molecular weight excluding hydrogens is 281 g/mol. The molecule has 1 atom stereocenters. The van der Waals surface area contributed by atoms with E-state index in [-0.39, 0.29) is 5.13 Å². The second-order valence-corrected chi connectivity index (χ2v) is 5.82. The zero-order valence-electron chi connectivity index (χ0n) is 10.7. The maximum absolute atomic E-state index is 12.5.